The van der Waals surface area contributed by atoms with Crippen molar-refractivity contribution in [3.8, 4) is 5.75 Å². The molecule has 1 aliphatic heterocycles. The third kappa shape index (κ3) is 5.13. The fraction of sp³-hybridized carbons (Fsp3) is 0.350. The van der Waals surface area contributed by atoms with Gasteiger partial charge in [0.15, 0.2) is 0 Å². The normalized spacial score (nSPS) is 16.5. The smallest absolute Gasteiger partial charge is 0.255 e. The summed E-state index contributed by atoms with van der Waals surface area (Å²) >= 11 is 12.1. The van der Waals surface area contributed by atoms with Gasteiger partial charge < -0.3 is 14.8 Å². The lowest BCUT2D eigenvalue weighted by Gasteiger charge is -2.14. The van der Waals surface area contributed by atoms with Crippen molar-refractivity contribution < 1.29 is 14.3 Å². The van der Waals surface area contributed by atoms with Crippen LogP contribution in [-0.2, 0) is 11.2 Å². The van der Waals surface area contributed by atoms with E-state index in [1.165, 1.54) is 0 Å². The number of hydrogen-bond donors (Lipinski definition) is 1. The average Bonchev–Trinajstić information content (AvgIpc) is 3.15. The molecule has 138 valence electrons. The van der Waals surface area contributed by atoms with E-state index in [1.54, 1.807) is 24.3 Å². The predicted molar refractivity (Wildman–Crippen MR) is 103 cm³/mol. The van der Waals surface area contributed by atoms with Crippen molar-refractivity contribution in [2.24, 2.45) is 0 Å². The summed E-state index contributed by atoms with van der Waals surface area (Å²) in [7, 11) is 0. The van der Waals surface area contributed by atoms with Gasteiger partial charge in [-0.25, -0.2) is 0 Å². The van der Waals surface area contributed by atoms with E-state index >= 15 is 0 Å². The molecule has 1 amide bonds. The minimum absolute atomic E-state index is 0.109. The molecule has 1 aliphatic rings. The molecule has 1 saturated heterocycles. The SMILES string of the molecule is O=C(NCCc1ccc(Cl)cc1Cl)c1ccccc1OCC1CCCO1. The van der Waals surface area contributed by atoms with E-state index in [9.17, 15) is 4.79 Å². The summed E-state index contributed by atoms with van der Waals surface area (Å²) in [4.78, 5) is 12.5. The van der Waals surface area contributed by atoms with Crippen molar-refractivity contribution in [1.29, 1.82) is 0 Å². The van der Waals surface area contributed by atoms with Crippen LogP contribution in [0.1, 0.15) is 28.8 Å². The second-order valence-corrected chi connectivity index (χ2v) is 7.03. The highest BCUT2D eigenvalue weighted by Gasteiger charge is 2.18. The summed E-state index contributed by atoms with van der Waals surface area (Å²) in [5.74, 6) is 0.406. The first kappa shape index (κ1) is 19.0. The summed E-state index contributed by atoms with van der Waals surface area (Å²) in [6, 6.07) is 12.6. The molecule has 3 rings (SSSR count). The standard InChI is InChI=1S/C20H21Cl2NO3/c21-15-8-7-14(18(22)12-15)9-10-23-20(24)17-5-1-2-6-19(17)26-13-16-4-3-11-25-16/h1-2,5-8,12,16H,3-4,9-11,13H2,(H,23,24). The van der Waals surface area contributed by atoms with Gasteiger partial charge in [-0.3, -0.25) is 4.79 Å². The van der Waals surface area contributed by atoms with Gasteiger partial charge in [-0.1, -0.05) is 41.4 Å². The van der Waals surface area contributed by atoms with E-state index in [2.05, 4.69) is 5.32 Å². The number of rotatable bonds is 7. The Bertz CT molecular complexity index is 760. The van der Waals surface area contributed by atoms with Crippen molar-refractivity contribution in [2.45, 2.75) is 25.4 Å². The first-order valence-electron chi connectivity index (χ1n) is 8.69. The van der Waals surface area contributed by atoms with Crippen LogP contribution in [0.5, 0.6) is 5.75 Å². The van der Waals surface area contributed by atoms with Gasteiger partial charge in [0.25, 0.3) is 5.91 Å². The molecule has 1 N–H and O–H groups in total. The van der Waals surface area contributed by atoms with Crippen molar-refractivity contribution >= 4 is 29.1 Å². The molecule has 1 unspecified atom stereocenters. The van der Waals surface area contributed by atoms with E-state index in [1.807, 2.05) is 18.2 Å². The maximum absolute atomic E-state index is 12.5. The van der Waals surface area contributed by atoms with E-state index in [0.29, 0.717) is 40.9 Å². The summed E-state index contributed by atoms with van der Waals surface area (Å²) in [6.07, 6.45) is 2.79. The lowest BCUT2D eigenvalue weighted by atomic mass is 10.1. The van der Waals surface area contributed by atoms with E-state index in [-0.39, 0.29) is 12.0 Å². The Labute approximate surface area is 163 Å². The molecule has 1 atom stereocenters. The van der Waals surface area contributed by atoms with E-state index in [0.717, 1.165) is 25.0 Å². The number of carbonyl (C=O) groups is 1. The Morgan fingerprint density at radius 3 is 2.85 bits per heavy atom. The second kappa shape index (κ2) is 9.26. The fourth-order valence-corrected chi connectivity index (χ4v) is 3.37. The molecule has 2 aromatic rings. The highest BCUT2D eigenvalue weighted by molar-refractivity contribution is 6.35. The molecular formula is C20H21Cl2NO3. The number of hydrogen-bond acceptors (Lipinski definition) is 3. The summed E-state index contributed by atoms with van der Waals surface area (Å²) in [5.41, 5.74) is 1.46. The minimum Gasteiger partial charge on any atom is -0.490 e. The Hall–Kier alpha value is -1.75. The Kier molecular flexibility index (Phi) is 6.78. The molecule has 0 radical (unpaired) electrons. The van der Waals surface area contributed by atoms with Gasteiger partial charge in [0, 0.05) is 23.2 Å². The molecule has 4 nitrogen and oxygen atoms in total. The van der Waals surface area contributed by atoms with Crippen LogP contribution in [0.3, 0.4) is 0 Å². The second-order valence-electron chi connectivity index (χ2n) is 6.18. The topological polar surface area (TPSA) is 47.6 Å². The quantitative estimate of drug-likeness (QED) is 0.751. The predicted octanol–water partition coefficient (Wildman–Crippen LogP) is 4.52. The van der Waals surface area contributed by atoms with Crippen molar-refractivity contribution in [3.05, 3.63) is 63.6 Å². The van der Waals surface area contributed by atoms with Gasteiger partial charge in [-0.05, 0) is 49.1 Å². The number of benzene rings is 2. The van der Waals surface area contributed by atoms with Crippen LogP contribution >= 0.6 is 23.2 Å². The van der Waals surface area contributed by atoms with Crippen molar-refractivity contribution in [3.63, 3.8) is 0 Å². The zero-order valence-electron chi connectivity index (χ0n) is 14.3. The van der Waals surface area contributed by atoms with Crippen LogP contribution in [0.4, 0.5) is 0 Å². The lowest BCUT2D eigenvalue weighted by Crippen LogP contribution is -2.27. The highest BCUT2D eigenvalue weighted by Crippen LogP contribution is 2.22. The molecule has 6 heteroatoms. The zero-order chi connectivity index (χ0) is 18.4. The van der Waals surface area contributed by atoms with Gasteiger partial charge in [-0.2, -0.15) is 0 Å². The van der Waals surface area contributed by atoms with Gasteiger partial charge in [-0.15, -0.1) is 0 Å². The largest absolute Gasteiger partial charge is 0.490 e. The van der Waals surface area contributed by atoms with Crippen LogP contribution in [0, 0.1) is 0 Å². The molecule has 26 heavy (non-hydrogen) atoms. The Balaban J connectivity index is 1.55. The van der Waals surface area contributed by atoms with Gasteiger partial charge >= 0.3 is 0 Å². The summed E-state index contributed by atoms with van der Waals surface area (Å²) < 4.78 is 11.4. The number of carbonyl (C=O) groups excluding carboxylic acids is 1. The van der Waals surface area contributed by atoms with Crippen LogP contribution in [-0.4, -0.2) is 31.8 Å². The molecule has 2 aromatic carbocycles. The monoisotopic (exact) mass is 393 g/mol. The molecule has 0 spiro atoms. The fourth-order valence-electron chi connectivity index (χ4n) is 2.87. The molecule has 0 aliphatic carbocycles. The maximum Gasteiger partial charge on any atom is 0.255 e. The van der Waals surface area contributed by atoms with Crippen LogP contribution in [0.15, 0.2) is 42.5 Å². The first-order chi connectivity index (χ1) is 12.6. The molecular weight excluding hydrogens is 373 g/mol. The van der Waals surface area contributed by atoms with Gasteiger partial charge in [0.1, 0.15) is 12.4 Å². The number of nitrogens with one attached hydrogen (secondary N) is 1. The molecule has 1 heterocycles. The lowest BCUT2D eigenvalue weighted by molar-refractivity contribution is 0.0670. The van der Waals surface area contributed by atoms with Crippen molar-refractivity contribution in [1.82, 2.24) is 5.32 Å². The van der Waals surface area contributed by atoms with Crippen LogP contribution in [0.25, 0.3) is 0 Å². The Morgan fingerprint density at radius 2 is 2.08 bits per heavy atom. The Morgan fingerprint density at radius 1 is 1.23 bits per heavy atom. The number of ether oxygens (including phenoxy) is 2. The number of amides is 1. The minimum atomic E-state index is -0.168. The van der Waals surface area contributed by atoms with E-state index < -0.39 is 0 Å². The van der Waals surface area contributed by atoms with E-state index in [4.69, 9.17) is 32.7 Å². The van der Waals surface area contributed by atoms with Gasteiger partial charge in [0.2, 0.25) is 0 Å². The zero-order valence-corrected chi connectivity index (χ0v) is 15.9. The maximum atomic E-state index is 12.5. The first-order valence-corrected chi connectivity index (χ1v) is 9.44. The van der Waals surface area contributed by atoms with Crippen LogP contribution < -0.4 is 10.1 Å². The third-order valence-electron chi connectivity index (χ3n) is 4.28. The van der Waals surface area contributed by atoms with Gasteiger partial charge in [0.05, 0.1) is 11.7 Å². The average molecular weight is 394 g/mol. The molecule has 0 bridgehead atoms. The molecule has 0 saturated carbocycles. The third-order valence-corrected chi connectivity index (χ3v) is 4.86. The summed E-state index contributed by atoms with van der Waals surface area (Å²) in [5, 5.41) is 4.12. The number of halogens is 2. The molecule has 1 fully saturated rings. The number of para-hydroxylation sites is 1. The molecule has 0 aromatic heterocycles. The highest BCUT2D eigenvalue weighted by atomic mass is 35.5. The van der Waals surface area contributed by atoms with Crippen LogP contribution in [0.2, 0.25) is 10.0 Å². The van der Waals surface area contributed by atoms with Crippen molar-refractivity contribution in [2.75, 3.05) is 19.8 Å². The summed E-state index contributed by atoms with van der Waals surface area (Å²) in [6.45, 7) is 1.72.